The Hall–Kier alpha value is -0.930. The molecule has 72 valence electrons. The molecule has 3 heteroatoms. The van der Waals surface area contributed by atoms with Gasteiger partial charge in [-0.2, -0.15) is 0 Å². The van der Waals surface area contributed by atoms with Crippen LogP contribution in [0.5, 0.6) is 0 Å². The third kappa shape index (κ3) is 2.50. The summed E-state index contributed by atoms with van der Waals surface area (Å²) >= 11 is 0. The van der Waals surface area contributed by atoms with Crippen LogP contribution in [0.3, 0.4) is 0 Å². The van der Waals surface area contributed by atoms with Crippen molar-refractivity contribution < 1.29 is 9.13 Å². The molecule has 0 heterocycles. The number of rotatable bonds is 3. The lowest BCUT2D eigenvalue weighted by molar-refractivity contribution is -0.00559. The zero-order valence-electron chi connectivity index (χ0n) is 8.12. The highest BCUT2D eigenvalue weighted by molar-refractivity contribution is 5.18. The van der Waals surface area contributed by atoms with E-state index in [4.69, 9.17) is 4.74 Å². The van der Waals surface area contributed by atoms with E-state index in [9.17, 15) is 4.39 Å². The minimum atomic E-state index is -0.235. The maximum absolute atomic E-state index is 12.9. The topological polar surface area (TPSA) is 12.5 Å². The lowest BCUT2D eigenvalue weighted by Gasteiger charge is -2.22. The van der Waals surface area contributed by atoms with Gasteiger partial charge in [0.2, 0.25) is 0 Å². The van der Waals surface area contributed by atoms with E-state index in [0.717, 1.165) is 5.56 Å². The first-order valence-electron chi connectivity index (χ1n) is 4.10. The molecule has 0 radical (unpaired) electrons. The van der Waals surface area contributed by atoms with Gasteiger partial charge in [-0.15, -0.1) is 0 Å². The van der Waals surface area contributed by atoms with E-state index in [1.807, 2.05) is 25.1 Å². The van der Waals surface area contributed by atoms with Gasteiger partial charge < -0.3 is 4.74 Å². The molecule has 0 N–H and O–H groups in total. The summed E-state index contributed by atoms with van der Waals surface area (Å²) in [4.78, 5) is 1.88. The summed E-state index contributed by atoms with van der Waals surface area (Å²) in [6.45, 7) is 0. The number of nitrogens with zero attached hydrogens (tertiary/aromatic N) is 1. The number of ether oxygens (including phenoxy) is 1. The molecule has 0 saturated heterocycles. The molecule has 1 aromatic carbocycles. The molecule has 0 aliphatic carbocycles. The molecule has 1 unspecified atom stereocenters. The fourth-order valence-corrected chi connectivity index (χ4v) is 1.31. The first-order chi connectivity index (χ1) is 6.15. The molecule has 0 aliphatic rings. The van der Waals surface area contributed by atoms with Crippen molar-refractivity contribution >= 4 is 0 Å². The van der Waals surface area contributed by atoms with Crippen LogP contribution in [0.15, 0.2) is 24.3 Å². The van der Waals surface area contributed by atoms with Gasteiger partial charge in [-0.05, 0) is 31.8 Å². The summed E-state index contributed by atoms with van der Waals surface area (Å²) in [7, 11) is 5.38. The standard InChI is InChI=1S/C10H14FNO/c1-12(2)10(13-3)8-5-4-6-9(11)7-8/h4-7,10H,1-3H3. The third-order valence-corrected chi connectivity index (χ3v) is 1.83. The monoisotopic (exact) mass is 183 g/mol. The molecule has 0 saturated carbocycles. The fourth-order valence-electron chi connectivity index (χ4n) is 1.31. The van der Waals surface area contributed by atoms with Crippen LogP contribution in [-0.2, 0) is 4.74 Å². The first kappa shape index (κ1) is 10.2. The predicted octanol–water partition coefficient (Wildman–Crippen LogP) is 2.03. The second-order valence-corrected chi connectivity index (χ2v) is 3.11. The van der Waals surface area contributed by atoms with Gasteiger partial charge in [0.25, 0.3) is 0 Å². The molecule has 2 nitrogen and oxygen atoms in total. The molecule has 0 fully saturated rings. The average Bonchev–Trinajstić information content (AvgIpc) is 2.04. The normalized spacial score (nSPS) is 13.3. The number of hydrogen-bond donors (Lipinski definition) is 0. The molecule has 0 spiro atoms. The number of halogens is 1. The highest BCUT2D eigenvalue weighted by Gasteiger charge is 2.12. The molecular formula is C10H14FNO. The molecule has 0 aromatic heterocycles. The second kappa shape index (κ2) is 4.35. The highest BCUT2D eigenvalue weighted by Crippen LogP contribution is 2.18. The SMILES string of the molecule is COC(c1cccc(F)c1)N(C)C. The molecule has 0 bridgehead atoms. The Bertz CT molecular complexity index is 275. The van der Waals surface area contributed by atoms with Crippen molar-refractivity contribution in [3.8, 4) is 0 Å². The van der Waals surface area contributed by atoms with Gasteiger partial charge in [-0.25, -0.2) is 4.39 Å². The second-order valence-electron chi connectivity index (χ2n) is 3.11. The van der Waals surface area contributed by atoms with Crippen molar-refractivity contribution in [1.29, 1.82) is 0 Å². The Morgan fingerprint density at radius 2 is 2.08 bits per heavy atom. The van der Waals surface area contributed by atoms with Crippen molar-refractivity contribution in [1.82, 2.24) is 4.90 Å². The number of benzene rings is 1. The Morgan fingerprint density at radius 3 is 2.54 bits per heavy atom. The van der Waals surface area contributed by atoms with E-state index in [1.54, 1.807) is 13.2 Å². The highest BCUT2D eigenvalue weighted by atomic mass is 19.1. The largest absolute Gasteiger partial charge is 0.362 e. The molecule has 1 aromatic rings. The Morgan fingerprint density at radius 1 is 1.38 bits per heavy atom. The van der Waals surface area contributed by atoms with E-state index < -0.39 is 0 Å². The summed E-state index contributed by atoms with van der Waals surface area (Å²) in [6.07, 6.45) is -0.185. The van der Waals surface area contributed by atoms with E-state index in [-0.39, 0.29) is 12.0 Å². The van der Waals surface area contributed by atoms with Gasteiger partial charge in [-0.3, -0.25) is 4.90 Å². The Balaban J connectivity index is 2.91. The van der Waals surface area contributed by atoms with Crippen LogP contribution < -0.4 is 0 Å². The zero-order valence-corrected chi connectivity index (χ0v) is 8.12. The Kier molecular flexibility index (Phi) is 3.39. The summed E-state index contributed by atoms with van der Waals surface area (Å²) in [5, 5.41) is 0. The van der Waals surface area contributed by atoms with E-state index in [2.05, 4.69) is 0 Å². The number of methoxy groups -OCH3 is 1. The van der Waals surface area contributed by atoms with Gasteiger partial charge in [-0.1, -0.05) is 12.1 Å². The minimum Gasteiger partial charge on any atom is -0.362 e. The smallest absolute Gasteiger partial charge is 0.136 e. The summed E-state index contributed by atoms with van der Waals surface area (Å²) in [5.41, 5.74) is 0.826. The van der Waals surface area contributed by atoms with Gasteiger partial charge in [0.1, 0.15) is 12.0 Å². The maximum Gasteiger partial charge on any atom is 0.136 e. The summed E-state index contributed by atoms with van der Waals surface area (Å²) in [5.74, 6) is -0.235. The van der Waals surface area contributed by atoms with E-state index >= 15 is 0 Å². The lowest BCUT2D eigenvalue weighted by Crippen LogP contribution is -2.21. The number of hydrogen-bond acceptors (Lipinski definition) is 2. The van der Waals surface area contributed by atoms with Crippen LogP contribution >= 0.6 is 0 Å². The van der Waals surface area contributed by atoms with Gasteiger partial charge in [0, 0.05) is 7.11 Å². The van der Waals surface area contributed by atoms with Crippen molar-refractivity contribution in [2.75, 3.05) is 21.2 Å². The van der Waals surface area contributed by atoms with Crippen LogP contribution in [-0.4, -0.2) is 26.1 Å². The molecule has 13 heavy (non-hydrogen) atoms. The first-order valence-corrected chi connectivity index (χ1v) is 4.10. The van der Waals surface area contributed by atoms with Crippen LogP contribution in [0.4, 0.5) is 4.39 Å². The lowest BCUT2D eigenvalue weighted by atomic mass is 10.2. The average molecular weight is 183 g/mol. The third-order valence-electron chi connectivity index (χ3n) is 1.83. The van der Waals surface area contributed by atoms with Gasteiger partial charge in [0.05, 0.1) is 0 Å². The van der Waals surface area contributed by atoms with Crippen LogP contribution in [0.2, 0.25) is 0 Å². The van der Waals surface area contributed by atoms with Crippen LogP contribution in [0, 0.1) is 5.82 Å². The van der Waals surface area contributed by atoms with Crippen LogP contribution in [0.1, 0.15) is 11.8 Å². The molecular weight excluding hydrogens is 169 g/mol. The zero-order chi connectivity index (χ0) is 9.84. The predicted molar refractivity (Wildman–Crippen MR) is 49.8 cm³/mol. The van der Waals surface area contributed by atoms with Crippen molar-refractivity contribution in [3.63, 3.8) is 0 Å². The van der Waals surface area contributed by atoms with Crippen molar-refractivity contribution in [3.05, 3.63) is 35.6 Å². The fraction of sp³-hybridized carbons (Fsp3) is 0.400. The van der Waals surface area contributed by atoms with Crippen molar-refractivity contribution in [2.45, 2.75) is 6.23 Å². The van der Waals surface area contributed by atoms with E-state index in [0.29, 0.717) is 0 Å². The summed E-state index contributed by atoms with van der Waals surface area (Å²) < 4.78 is 18.1. The minimum absolute atomic E-state index is 0.185. The van der Waals surface area contributed by atoms with Crippen LogP contribution in [0.25, 0.3) is 0 Å². The molecule has 0 amide bonds. The molecule has 1 rings (SSSR count). The maximum atomic E-state index is 12.9. The van der Waals surface area contributed by atoms with Gasteiger partial charge >= 0.3 is 0 Å². The van der Waals surface area contributed by atoms with Gasteiger partial charge in [0.15, 0.2) is 0 Å². The quantitative estimate of drug-likeness (QED) is 0.665. The Labute approximate surface area is 77.9 Å². The summed E-state index contributed by atoms with van der Waals surface area (Å²) in [6, 6.07) is 6.43. The van der Waals surface area contributed by atoms with E-state index in [1.165, 1.54) is 12.1 Å². The molecule has 0 aliphatic heterocycles. The molecule has 1 atom stereocenters. The van der Waals surface area contributed by atoms with Crippen molar-refractivity contribution in [2.24, 2.45) is 0 Å².